The minimum Gasteiger partial charge on any atom is -0.497 e. The maximum absolute atomic E-state index is 12.1. The Hall–Kier alpha value is -2.30. The number of esters is 1. The van der Waals surface area contributed by atoms with Crippen molar-refractivity contribution >= 4 is 18.0 Å². The summed E-state index contributed by atoms with van der Waals surface area (Å²) in [7, 11) is 1.58. The topological polar surface area (TPSA) is 55.8 Å². The Balaban J connectivity index is 2.56. The molecule has 0 aliphatic carbocycles. The molecule has 1 amide bonds. The van der Waals surface area contributed by atoms with Gasteiger partial charge in [-0.1, -0.05) is 12.1 Å². The standard InChI is InChI=1S/C18H25NO4/c1-13(2)19(14(3)4)17(20)12-23-18(21)10-9-15-7-6-8-16(11-15)22-5/h6-11,13-14H,12H2,1-5H3/b10-9+. The molecule has 0 saturated carbocycles. The van der Waals surface area contributed by atoms with Gasteiger partial charge in [-0.25, -0.2) is 4.79 Å². The highest BCUT2D eigenvalue weighted by atomic mass is 16.5. The quantitative estimate of drug-likeness (QED) is 0.573. The van der Waals surface area contributed by atoms with Crippen LogP contribution >= 0.6 is 0 Å². The van der Waals surface area contributed by atoms with E-state index in [1.54, 1.807) is 24.2 Å². The van der Waals surface area contributed by atoms with Crippen molar-refractivity contribution in [2.45, 2.75) is 39.8 Å². The third kappa shape index (κ3) is 6.14. The van der Waals surface area contributed by atoms with Crippen molar-refractivity contribution in [1.29, 1.82) is 0 Å². The van der Waals surface area contributed by atoms with Gasteiger partial charge in [-0.3, -0.25) is 4.79 Å². The maximum Gasteiger partial charge on any atom is 0.331 e. The van der Waals surface area contributed by atoms with Gasteiger partial charge < -0.3 is 14.4 Å². The molecule has 0 fully saturated rings. The van der Waals surface area contributed by atoms with Crippen molar-refractivity contribution in [3.8, 4) is 5.75 Å². The monoisotopic (exact) mass is 319 g/mol. The SMILES string of the molecule is COc1cccc(/C=C/C(=O)OCC(=O)N(C(C)C)C(C)C)c1. The number of carbonyl (C=O) groups excluding carboxylic acids is 2. The molecule has 0 aromatic heterocycles. The lowest BCUT2D eigenvalue weighted by Gasteiger charge is -2.30. The van der Waals surface area contributed by atoms with Gasteiger partial charge in [0.2, 0.25) is 0 Å². The normalized spacial score (nSPS) is 11.1. The number of rotatable bonds is 7. The van der Waals surface area contributed by atoms with Gasteiger partial charge >= 0.3 is 5.97 Å². The van der Waals surface area contributed by atoms with Crippen LogP contribution in [0.5, 0.6) is 5.75 Å². The van der Waals surface area contributed by atoms with Crippen LogP contribution in [-0.2, 0) is 14.3 Å². The van der Waals surface area contributed by atoms with E-state index < -0.39 is 5.97 Å². The summed E-state index contributed by atoms with van der Waals surface area (Å²) < 4.78 is 10.1. The zero-order valence-corrected chi connectivity index (χ0v) is 14.4. The third-order valence-electron chi connectivity index (χ3n) is 3.24. The van der Waals surface area contributed by atoms with E-state index in [4.69, 9.17) is 9.47 Å². The van der Waals surface area contributed by atoms with E-state index in [1.807, 2.05) is 45.9 Å². The van der Waals surface area contributed by atoms with Crippen molar-refractivity contribution < 1.29 is 19.1 Å². The summed E-state index contributed by atoms with van der Waals surface area (Å²) >= 11 is 0. The maximum atomic E-state index is 12.1. The fourth-order valence-electron chi connectivity index (χ4n) is 2.34. The highest BCUT2D eigenvalue weighted by Crippen LogP contribution is 2.13. The molecular formula is C18H25NO4. The van der Waals surface area contributed by atoms with E-state index in [0.717, 1.165) is 5.56 Å². The first kappa shape index (κ1) is 18.7. The Labute approximate surface area is 137 Å². The molecule has 0 aliphatic heterocycles. The molecule has 0 saturated heterocycles. The second kappa shape index (κ2) is 8.98. The second-order valence-corrected chi connectivity index (χ2v) is 5.71. The van der Waals surface area contributed by atoms with E-state index in [-0.39, 0.29) is 24.6 Å². The number of methoxy groups -OCH3 is 1. The number of hydrogen-bond acceptors (Lipinski definition) is 4. The zero-order valence-electron chi connectivity index (χ0n) is 14.4. The molecule has 1 aromatic carbocycles. The Bertz CT molecular complexity index is 556. The van der Waals surface area contributed by atoms with Crippen LogP contribution in [-0.4, -0.2) is 42.6 Å². The van der Waals surface area contributed by atoms with Crippen LogP contribution in [0.3, 0.4) is 0 Å². The van der Waals surface area contributed by atoms with Gasteiger partial charge in [-0.15, -0.1) is 0 Å². The molecule has 0 aliphatic rings. The fourth-order valence-corrected chi connectivity index (χ4v) is 2.34. The van der Waals surface area contributed by atoms with Crippen molar-refractivity contribution in [3.05, 3.63) is 35.9 Å². The van der Waals surface area contributed by atoms with Gasteiger partial charge in [-0.2, -0.15) is 0 Å². The number of hydrogen-bond donors (Lipinski definition) is 0. The molecule has 5 heteroatoms. The zero-order chi connectivity index (χ0) is 17.4. The number of ether oxygens (including phenoxy) is 2. The van der Waals surface area contributed by atoms with Gasteiger partial charge in [0.15, 0.2) is 6.61 Å². The molecule has 126 valence electrons. The van der Waals surface area contributed by atoms with Crippen LogP contribution in [0, 0.1) is 0 Å². The van der Waals surface area contributed by atoms with E-state index >= 15 is 0 Å². The largest absolute Gasteiger partial charge is 0.497 e. The predicted molar refractivity (Wildman–Crippen MR) is 90.1 cm³/mol. The molecule has 5 nitrogen and oxygen atoms in total. The Kier molecular flexibility index (Phi) is 7.32. The fraction of sp³-hybridized carbons (Fsp3) is 0.444. The predicted octanol–water partition coefficient (Wildman–Crippen LogP) is 2.90. The average molecular weight is 319 g/mol. The van der Waals surface area contributed by atoms with Crippen LogP contribution in [0.15, 0.2) is 30.3 Å². The van der Waals surface area contributed by atoms with Gasteiger partial charge in [-0.05, 0) is 51.5 Å². The smallest absolute Gasteiger partial charge is 0.331 e. The number of benzene rings is 1. The summed E-state index contributed by atoms with van der Waals surface area (Å²) in [6.45, 7) is 7.48. The molecule has 0 bridgehead atoms. The van der Waals surface area contributed by atoms with Gasteiger partial charge in [0, 0.05) is 18.2 Å². The lowest BCUT2D eigenvalue weighted by molar-refractivity contribution is -0.150. The highest BCUT2D eigenvalue weighted by Gasteiger charge is 2.20. The number of nitrogens with zero attached hydrogens (tertiary/aromatic N) is 1. The molecule has 1 rings (SSSR count). The van der Waals surface area contributed by atoms with E-state index in [0.29, 0.717) is 5.75 Å². The summed E-state index contributed by atoms with van der Waals surface area (Å²) in [6.07, 6.45) is 2.93. The molecule has 0 spiro atoms. The summed E-state index contributed by atoms with van der Waals surface area (Å²) in [5, 5.41) is 0. The van der Waals surface area contributed by atoms with Gasteiger partial charge in [0.05, 0.1) is 7.11 Å². The van der Waals surface area contributed by atoms with Crippen LogP contribution in [0.4, 0.5) is 0 Å². The van der Waals surface area contributed by atoms with E-state index in [1.165, 1.54) is 6.08 Å². The van der Waals surface area contributed by atoms with Crippen molar-refractivity contribution in [2.24, 2.45) is 0 Å². The van der Waals surface area contributed by atoms with Crippen molar-refractivity contribution in [2.75, 3.05) is 13.7 Å². The van der Waals surface area contributed by atoms with Gasteiger partial charge in [0.25, 0.3) is 5.91 Å². The number of amides is 1. The molecule has 0 unspecified atom stereocenters. The first-order valence-corrected chi connectivity index (χ1v) is 7.65. The van der Waals surface area contributed by atoms with E-state index in [2.05, 4.69) is 0 Å². The molecule has 0 N–H and O–H groups in total. The molecule has 1 aromatic rings. The highest BCUT2D eigenvalue weighted by molar-refractivity contribution is 5.89. The average Bonchev–Trinajstić information content (AvgIpc) is 2.50. The Morgan fingerprint density at radius 3 is 2.39 bits per heavy atom. The number of carbonyl (C=O) groups is 2. The molecule has 0 heterocycles. The first-order chi connectivity index (χ1) is 10.8. The lowest BCUT2D eigenvalue weighted by atomic mass is 10.2. The van der Waals surface area contributed by atoms with Crippen molar-refractivity contribution in [1.82, 2.24) is 4.90 Å². The summed E-state index contributed by atoms with van der Waals surface area (Å²) in [5.74, 6) is -0.0352. The molecule has 0 radical (unpaired) electrons. The minimum atomic E-state index is -0.548. The van der Waals surface area contributed by atoms with Crippen LogP contribution in [0.2, 0.25) is 0 Å². The van der Waals surface area contributed by atoms with Crippen LogP contribution < -0.4 is 4.74 Å². The van der Waals surface area contributed by atoms with Crippen molar-refractivity contribution in [3.63, 3.8) is 0 Å². The minimum absolute atomic E-state index is 0.0635. The lowest BCUT2D eigenvalue weighted by Crippen LogP contribution is -2.44. The molecule has 0 atom stereocenters. The van der Waals surface area contributed by atoms with E-state index in [9.17, 15) is 9.59 Å². The molecular weight excluding hydrogens is 294 g/mol. The Morgan fingerprint density at radius 1 is 1.17 bits per heavy atom. The molecule has 23 heavy (non-hydrogen) atoms. The van der Waals surface area contributed by atoms with Gasteiger partial charge in [0.1, 0.15) is 5.75 Å². The summed E-state index contributed by atoms with van der Waals surface area (Å²) in [5.41, 5.74) is 0.818. The second-order valence-electron chi connectivity index (χ2n) is 5.71. The Morgan fingerprint density at radius 2 is 1.83 bits per heavy atom. The summed E-state index contributed by atoms with van der Waals surface area (Å²) in [6, 6.07) is 7.42. The summed E-state index contributed by atoms with van der Waals surface area (Å²) in [4.78, 5) is 25.5. The first-order valence-electron chi connectivity index (χ1n) is 7.65. The third-order valence-corrected chi connectivity index (χ3v) is 3.24. The van der Waals surface area contributed by atoms with Crippen LogP contribution in [0.25, 0.3) is 6.08 Å². The van der Waals surface area contributed by atoms with Crippen LogP contribution in [0.1, 0.15) is 33.3 Å².